The molecule has 4 rings (SSSR count). The summed E-state index contributed by atoms with van der Waals surface area (Å²) in [5.74, 6) is 0. The Morgan fingerprint density at radius 2 is 1.84 bits per heavy atom. The SMILES string of the molecule is CN(C)c1ncc(CN2CCCN(C3Cc4ccccc4C3)CC2)s1. The van der Waals surface area contributed by atoms with Gasteiger partial charge in [-0.2, -0.15) is 0 Å². The summed E-state index contributed by atoms with van der Waals surface area (Å²) in [5, 5.41) is 1.11. The Kier molecular flexibility index (Phi) is 5.06. The third-order valence-corrected chi connectivity index (χ3v) is 6.62. The van der Waals surface area contributed by atoms with E-state index in [2.05, 4.69) is 64.2 Å². The van der Waals surface area contributed by atoms with Crippen LogP contribution >= 0.6 is 11.3 Å². The fourth-order valence-corrected chi connectivity index (χ4v) is 4.98. The largest absolute Gasteiger partial charge is 0.354 e. The summed E-state index contributed by atoms with van der Waals surface area (Å²) in [6.07, 6.45) is 5.79. The predicted octanol–water partition coefficient (Wildman–Crippen LogP) is 2.88. The van der Waals surface area contributed by atoms with E-state index in [1.165, 1.54) is 50.3 Å². The molecule has 1 aliphatic heterocycles. The molecule has 0 unspecified atom stereocenters. The average Bonchev–Trinajstić information content (AvgIpc) is 3.18. The van der Waals surface area contributed by atoms with E-state index >= 15 is 0 Å². The van der Waals surface area contributed by atoms with E-state index in [0.29, 0.717) is 6.04 Å². The molecule has 0 saturated carbocycles. The summed E-state index contributed by atoms with van der Waals surface area (Å²) in [4.78, 5) is 13.3. The Hall–Kier alpha value is -1.43. The number of hydrogen-bond donors (Lipinski definition) is 0. The van der Waals surface area contributed by atoms with Gasteiger partial charge in [0.15, 0.2) is 5.13 Å². The number of hydrogen-bond acceptors (Lipinski definition) is 5. The summed E-state index contributed by atoms with van der Waals surface area (Å²) >= 11 is 1.82. The number of aromatic nitrogens is 1. The van der Waals surface area contributed by atoms with Crippen LogP contribution in [0.2, 0.25) is 0 Å². The van der Waals surface area contributed by atoms with Crippen LogP contribution in [0.4, 0.5) is 5.13 Å². The first kappa shape index (κ1) is 17.0. The highest BCUT2D eigenvalue weighted by Gasteiger charge is 2.28. The number of thiazole rings is 1. The Labute approximate surface area is 155 Å². The Morgan fingerprint density at radius 3 is 2.52 bits per heavy atom. The molecule has 134 valence electrons. The van der Waals surface area contributed by atoms with Gasteiger partial charge in [0, 0.05) is 50.8 Å². The summed E-state index contributed by atoms with van der Waals surface area (Å²) in [6.45, 7) is 5.84. The first-order chi connectivity index (χ1) is 12.2. The lowest BCUT2D eigenvalue weighted by Gasteiger charge is -2.27. The summed E-state index contributed by atoms with van der Waals surface area (Å²) < 4.78 is 0. The van der Waals surface area contributed by atoms with E-state index in [0.717, 1.165) is 11.7 Å². The van der Waals surface area contributed by atoms with Crippen LogP contribution in [0.5, 0.6) is 0 Å². The number of nitrogens with zero attached hydrogens (tertiary/aromatic N) is 4. The molecule has 0 N–H and O–H groups in total. The third-order valence-electron chi connectivity index (χ3n) is 5.47. The van der Waals surface area contributed by atoms with Crippen LogP contribution in [0.1, 0.15) is 22.4 Å². The topological polar surface area (TPSA) is 22.6 Å². The van der Waals surface area contributed by atoms with Gasteiger partial charge in [0.25, 0.3) is 0 Å². The molecule has 5 heteroatoms. The Morgan fingerprint density at radius 1 is 1.08 bits per heavy atom. The number of fused-ring (bicyclic) bond motifs is 1. The highest BCUT2D eigenvalue weighted by molar-refractivity contribution is 7.15. The molecule has 0 radical (unpaired) electrons. The van der Waals surface area contributed by atoms with Gasteiger partial charge in [0.1, 0.15) is 0 Å². The van der Waals surface area contributed by atoms with Crippen molar-refractivity contribution in [1.29, 1.82) is 0 Å². The van der Waals surface area contributed by atoms with Crippen molar-refractivity contribution in [2.45, 2.75) is 31.8 Å². The van der Waals surface area contributed by atoms with Gasteiger partial charge < -0.3 is 4.90 Å². The van der Waals surface area contributed by atoms with Crippen molar-refractivity contribution >= 4 is 16.5 Å². The van der Waals surface area contributed by atoms with Gasteiger partial charge in [0.05, 0.1) is 0 Å². The fraction of sp³-hybridized carbons (Fsp3) is 0.550. The van der Waals surface area contributed by atoms with Crippen molar-refractivity contribution in [3.8, 4) is 0 Å². The van der Waals surface area contributed by atoms with Crippen LogP contribution in [0.15, 0.2) is 30.5 Å². The number of anilines is 1. The Balaban J connectivity index is 1.33. The standard InChI is InChI=1S/C20H28N4S/c1-22(2)20-21-14-19(25-20)15-23-8-5-9-24(11-10-23)18-12-16-6-3-4-7-17(16)13-18/h3-4,6-7,14,18H,5,8-13,15H2,1-2H3. The average molecular weight is 357 g/mol. The first-order valence-electron chi connectivity index (χ1n) is 9.34. The highest BCUT2D eigenvalue weighted by Crippen LogP contribution is 2.27. The van der Waals surface area contributed by atoms with Crippen molar-refractivity contribution < 1.29 is 0 Å². The lowest BCUT2D eigenvalue weighted by Crippen LogP contribution is -2.38. The van der Waals surface area contributed by atoms with Gasteiger partial charge >= 0.3 is 0 Å². The molecule has 2 aliphatic rings. The van der Waals surface area contributed by atoms with Crippen molar-refractivity contribution in [2.24, 2.45) is 0 Å². The molecule has 25 heavy (non-hydrogen) atoms. The zero-order valence-corrected chi connectivity index (χ0v) is 16.1. The maximum Gasteiger partial charge on any atom is 0.185 e. The van der Waals surface area contributed by atoms with Crippen LogP contribution in [-0.2, 0) is 19.4 Å². The van der Waals surface area contributed by atoms with Crippen LogP contribution in [0.3, 0.4) is 0 Å². The lowest BCUT2D eigenvalue weighted by atomic mass is 10.1. The zero-order chi connectivity index (χ0) is 17.2. The van der Waals surface area contributed by atoms with E-state index in [4.69, 9.17) is 0 Å². The van der Waals surface area contributed by atoms with Crippen molar-refractivity contribution in [2.75, 3.05) is 45.2 Å². The highest BCUT2D eigenvalue weighted by atomic mass is 32.1. The van der Waals surface area contributed by atoms with Crippen molar-refractivity contribution in [3.05, 3.63) is 46.5 Å². The molecule has 1 aromatic carbocycles. The zero-order valence-electron chi connectivity index (χ0n) is 15.3. The molecule has 4 nitrogen and oxygen atoms in total. The lowest BCUT2D eigenvalue weighted by molar-refractivity contribution is 0.201. The second-order valence-electron chi connectivity index (χ2n) is 7.50. The second kappa shape index (κ2) is 7.44. The van der Waals surface area contributed by atoms with Gasteiger partial charge in [-0.3, -0.25) is 9.80 Å². The molecule has 0 bridgehead atoms. The van der Waals surface area contributed by atoms with E-state index in [1.54, 1.807) is 11.1 Å². The minimum atomic E-state index is 0.709. The van der Waals surface area contributed by atoms with Crippen molar-refractivity contribution in [3.63, 3.8) is 0 Å². The number of benzene rings is 1. The number of rotatable bonds is 4. The van der Waals surface area contributed by atoms with Crippen LogP contribution in [-0.4, -0.2) is 61.1 Å². The molecule has 1 saturated heterocycles. The first-order valence-corrected chi connectivity index (χ1v) is 10.2. The molecule has 1 aromatic heterocycles. The molecular formula is C20H28N4S. The molecule has 0 amide bonds. The normalized spacial score (nSPS) is 19.8. The van der Waals surface area contributed by atoms with Crippen LogP contribution < -0.4 is 4.90 Å². The Bertz CT molecular complexity index is 686. The van der Waals surface area contributed by atoms with E-state index in [-0.39, 0.29) is 0 Å². The molecule has 0 spiro atoms. The smallest absolute Gasteiger partial charge is 0.185 e. The molecule has 0 atom stereocenters. The van der Waals surface area contributed by atoms with Gasteiger partial charge in [-0.05, 0) is 43.5 Å². The molecule has 1 fully saturated rings. The monoisotopic (exact) mass is 356 g/mol. The van der Waals surface area contributed by atoms with Crippen molar-refractivity contribution in [1.82, 2.24) is 14.8 Å². The maximum absolute atomic E-state index is 4.51. The van der Waals surface area contributed by atoms with E-state index < -0.39 is 0 Å². The van der Waals surface area contributed by atoms with Crippen LogP contribution in [0.25, 0.3) is 0 Å². The van der Waals surface area contributed by atoms with E-state index in [9.17, 15) is 0 Å². The summed E-state index contributed by atoms with van der Waals surface area (Å²) in [6, 6.07) is 9.70. The third kappa shape index (κ3) is 3.89. The molecule has 1 aliphatic carbocycles. The maximum atomic E-state index is 4.51. The molecule has 2 heterocycles. The minimum Gasteiger partial charge on any atom is -0.354 e. The van der Waals surface area contributed by atoms with E-state index in [1.807, 2.05) is 11.3 Å². The fourth-order valence-electron chi connectivity index (χ4n) is 4.11. The van der Waals surface area contributed by atoms with Gasteiger partial charge in [0.2, 0.25) is 0 Å². The molecular weight excluding hydrogens is 328 g/mol. The minimum absolute atomic E-state index is 0.709. The summed E-state index contributed by atoms with van der Waals surface area (Å²) in [5.41, 5.74) is 3.13. The van der Waals surface area contributed by atoms with Gasteiger partial charge in [-0.1, -0.05) is 24.3 Å². The van der Waals surface area contributed by atoms with Gasteiger partial charge in [-0.15, -0.1) is 11.3 Å². The predicted molar refractivity (Wildman–Crippen MR) is 106 cm³/mol. The van der Waals surface area contributed by atoms with Gasteiger partial charge in [-0.25, -0.2) is 4.98 Å². The molecule has 2 aromatic rings. The van der Waals surface area contributed by atoms with Crippen LogP contribution in [0, 0.1) is 0 Å². The summed E-state index contributed by atoms with van der Waals surface area (Å²) in [7, 11) is 4.12. The second-order valence-corrected chi connectivity index (χ2v) is 8.59. The quantitative estimate of drug-likeness (QED) is 0.840.